The number of ether oxygens (including phenoxy) is 1. The van der Waals surface area contributed by atoms with Crippen LogP contribution in [-0.2, 0) is 39.4 Å². The van der Waals surface area contributed by atoms with E-state index in [-0.39, 0.29) is 16.8 Å². The maximum Gasteiger partial charge on any atom is 0.243 e. The van der Waals surface area contributed by atoms with Gasteiger partial charge in [0.1, 0.15) is 5.82 Å². The molecule has 1 N–H and O–H groups in total. The third-order valence-corrected chi connectivity index (χ3v) is 8.73. The number of nitrogens with one attached hydrogen (secondary N) is 1. The van der Waals surface area contributed by atoms with Crippen LogP contribution in [0.15, 0.2) is 47.4 Å². The number of amides is 1. The van der Waals surface area contributed by atoms with Gasteiger partial charge in [-0.25, -0.2) is 13.4 Å². The topological polar surface area (TPSA) is 93.5 Å². The number of rotatable bonds is 6. The monoisotopic (exact) mass is 482 g/mol. The van der Waals surface area contributed by atoms with Gasteiger partial charge in [-0.15, -0.1) is 0 Å². The molecule has 180 valence electrons. The van der Waals surface area contributed by atoms with Crippen LogP contribution in [0.5, 0.6) is 0 Å². The fraction of sp³-hybridized carbons (Fsp3) is 0.440. The molecule has 1 aliphatic carbocycles. The number of imidazole rings is 1. The zero-order valence-corrected chi connectivity index (χ0v) is 20.2. The van der Waals surface area contributed by atoms with Crippen molar-refractivity contribution in [3.63, 3.8) is 0 Å². The summed E-state index contributed by atoms with van der Waals surface area (Å²) in [6.07, 6.45) is 3.90. The first-order valence-electron chi connectivity index (χ1n) is 11.8. The number of carbonyl (C=O) groups excluding carboxylic acids is 1. The first kappa shape index (κ1) is 23.0. The van der Waals surface area contributed by atoms with Crippen LogP contribution in [0, 0.1) is 0 Å². The molecule has 2 aliphatic rings. The number of aromatic nitrogens is 2. The molecule has 1 saturated heterocycles. The van der Waals surface area contributed by atoms with Crippen molar-refractivity contribution in [3.05, 3.63) is 59.4 Å². The lowest BCUT2D eigenvalue weighted by molar-refractivity contribution is -0.121. The predicted molar refractivity (Wildman–Crippen MR) is 129 cm³/mol. The molecule has 34 heavy (non-hydrogen) atoms. The van der Waals surface area contributed by atoms with Gasteiger partial charge in [-0.3, -0.25) is 4.79 Å². The van der Waals surface area contributed by atoms with Gasteiger partial charge in [0.05, 0.1) is 35.2 Å². The number of nitrogens with zero attached hydrogens (tertiary/aromatic N) is 3. The lowest BCUT2D eigenvalue weighted by Gasteiger charge is -2.26. The number of aryl methyl sites for hydroxylation is 3. The molecule has 0 bridgehead atoms. The Morgan fingerprint density at radius 3 is 2.79 bits per heavy atom. The minimum absolute atomic E-state index is 0.00402. The second-order valence-corrected chi connectivity index (χ2v) is 10.9. The van der Waals surface area contributed by atoms with Gasteiger partial charge in [-0.1, -0.05) is 24.3 Å². The highest BCUT2D eigenvalue weighted by Gasteiger charge is 2.27. The summed E-state index contributed by atoms with van der Waals surface area (Å²) in [6, 6.07) is 13.4. The van der Waals surface area contributed by atoms with Gasteiger partial charge in [0, 0.05) is 33.0 Å². The Labute approximate surface area is 200 Å². The number of sulfonamides is 1. The molecular weight excluding hydrogens is 452 g/mol. The van der Waals surface area contributed by atoms with E-state index in [2.05, 4.69) is 22.4 Å². The SMILES string of the molecule is Cn1c(CCC(=O)N[C@@H]2CCCc3ccccc32)nc2cc(S(=O)(=O)N3CCOCC3)ccc21. The van der Waals surface area contributed by atoms with Gasteiger partial charge >= 0.3 is 0 Å². The second-order valence-electron chi connectivity index (χ2n) is 8.97. The largest absolute Gasteiger partial charge is 0.379 e. The van der Waals surface area contributed by atoms with Gasteiger partial charge < -0.3 is 14.6 Å². The average molecular weight is 483 g/mol. The number of hydrogen-bond donors (Lipinski definition) is 1. The van der Waals surface area contributed by atoms with E-state index in [4.69, 9.17) is 4.74 Å². The fourth-order valence-electron chi connectivity index (χ4n) is 4.95. The lowest BCUT2D eigenvalue weighted by Crippen LogP contribution is -2.40. The van der Waals surface area contributed by atoms with E-state index in [0.29, 0.717) is 44.7 Å². The molecule has 2 aromatic carbocycles. The summed E-state index contributed by atoms with van der Waals surface area (Å²) >= 11 is 0. The molecule has 1 atom stereocenters. The summed E-state index contributed by atoms with van der Waals surface area (Å²) in [4.78, 5) is 17.6. The molecule has 8 nitrogen and oxygen atoms in total. The molecule has 1 aromatic heterocycles. The van der Waals surface area contributed by atoms with E-state index in [1.807, 2.05) is 23.7 Å². The summed E-state index contributed by atoms with van der Waals surface area (Å²) in [5.41, 5.74) is 4.00. The summed E-state index contributed by atoms with van der Waals surface area (Å²) in [5, 5.41) is 3.19. The highest BCUT2D eigenvalue weighted by molar-refractivity contribution is 7.89. The predicted octanol–water partition coefficient (Wildman–Crippen LogP) is 2.72. The Bertz CT molecular complexity index is 1310. The molecule has 1 aliphatic heterocycles. The molecule has 1 amide bonds. The summed E-state index contributed by atoms with van der Waals surface area (Å²) in [7, 11) is -1.68. The molecule has 3 aromatic rings. The van der Waals surface area contributed by atoms with E-state index in [9.17, 15) is 13.2 Å². The van der Waals surface area contributed by atoms with Crippen molar-refractivity contribution < 1.29 is 17.9 Å². The van der Waals surface area contributed by atoms with Crippen molar-refractivity contribution >= 4 is 27.0 Å². The number of carbonyl (C=O) groups is 1. The molecule has 0 spiro atoms. The number of fused-ring (bicyclic) bond motifs is 2. The standard InChI is InChI=1S/C25H30N4O4S/c1-28-23-10-9-19(34(31,32)29-13-15-33-16-14-29)17-22(23)26-24(28)11-12-25(30)27-21-8-4-6-18-5-2-3-7-20(18)21/h2-3,5,7,9-10,17,21H,4,6,8,11-16H2,1H3,(H,27,30)/t21-/m1/s1. The number of morpholine rings is 1. The first-order valence-corrected chi connectivity index (χ1v) is 13.3. The van der Waals surface area contributed by atoms with Crippen LogP contribution >= 0.6 is 0 Å². The normalized spacial score (nSPS) is 19.1. The van der Waals surface area contributed by atoms with Crippen LogP contribution in [0.3, 0.4) is 0 Å². The lowest BCUT2D eigenvalue weighted by atomic mass is 9.87. The minimum Gasteiger partial charge on any atom is -0.379 e. The molecular formula is C25H30N4O4S. The maximum absolute atomic E-state index is 13.0. The van der Waals surface area contributed by atoms with Crippen LogP contribution in [0.4, 0.5) is 0 Å². The van der Waals surface area contributed by atoms with Gasteiger partial charge in [0.2, 0.25) is 15.9 Å². The van der Waals surface area contributed by atoms with Crippen molar-refractivity contribution in [2.24, 2.45) is 7.05 Å². The third kappa shape index (κ3) is 4.47. The number of hydrogen-bond acceptors (Lipinski definition) is 5. The minimum atomic E-state index is -3.58. The summed E-state index contributed by atoms with van der Waals surface area (Å²) in [6.45, 7) is 1.52. The van der Waals surface area contributed by atoms with E-state index in [1.165, 1.54) is 15.4 Å². The van der Waals surface area contributed by atoms with E-state index >= 15 is 0 Å². The fourth-order valence-corrected chi connectivity index (χ4v) is 6.37. The Kier molecular flexibility index (Phi) is 6.42. The van der Waals surface area contributed by atoms with Crippen LogP contribution in [0.2, 0.25) is 0 Å². The smallest absolute Gasteiger partial charge is 0.243 e. The van der Waals surface area contributed by atoms with Crippen molar-refractivity contribution in [3.8, 4) is 0 Å². The summed E-state index contributed by atoms with van der Waals surface area (Å²) < 4.78 is 34.7. The van der Waals surface area contributed by atoms with Crippen LogP contribution in [-0.4, -0.2) is 54.5 Å². The Morgan fingerprint density at radius 2 is 1.97 bits per heavy atom. The Balaban J connectivity index is 1.28. The molecule has 0 unspecified atom stereocenters. The van der Waals surface area contributed by atoms with Gasteiger partial charge in [-0.05, 0) is 48.6 Å². The second kappa shape index (κ2) is 9.48. The molecule has 0 saturated carbocycles. The molecule has 0 radical (unpaired) electrons. The molecule has 5 rings (SSSR count). The van der Waals surface area contributed by atoms with Crippen molar-refractivity contribution in [2.45, 2.75) is 43.0 Å². The highest BCUT2D eigenvalue weighted by atomic mass is 32.2. The maximum atomic E-state index is 13.0. The summed E-state index contributed by atoms with van der Waals surface area (Å²) in [5.74, 6) is 0.763. The first-order chi connectivity index (χ1) is 16.4. The quantitative estimate of drug-likeness (QED) is 0.583. The van der Waals surface area contributed by atoms with Crippen molar-refractivity contribution in [2.75, 3.05) is 26.3 Å². The zero-order valence-electron chi connectivity index (χ0n) is 19.4. The molecule has 9 heteroatoms. The van der Waals surface area contributed by atoms with Crippen LogP contribution in [0.1, 0.15) is 42.3 Å². The van der Waals surface area contributed by atoms with Crippen molar-refractivity contribution in [1.82, 2.24) is 19.2 Å². The third-order valence-electron chi connectivity index (χ3n) is 6.83. The Morgan fingerprint density at radius 1 is 1.18 bits per heavy atom. The highest BCUT2D eigenvalue weighted by Crippen LogP contribution is 2.29. The average Bonchev–Trinajstić information content (AvgIpc) is 3.18. The van der Waals surface area contributed by atoms with E-state index < -0.39 is 10.0 Å². The van der Waals surface area contributed by atoms with Crippen LogP contribution < -0.4 is 5.32 Å². The van der Waals surface area contributed by atoms with Crippen molar-refractivity contribution in [1.29, 1.82) is 0 Å². The molecule has 2 heterocycles. The van der Waals surface area contributed by atoms with Gasteiger partial charge in [-0.2, -0.15) is 4.31 Å². The van der Waals surface area contributed by atoms with E-state index in [0.717, 1.165) is 30.6 Å². The van der Waals surface area contributed by atoms with E-state index in [1.54, 1.807) is 18.2 Å². The zero-order chi connectivity index (χ0) is 23.7. The number of benzene rings is 2. The van der Waals surface area contributed by atoms with Gasteiger partial charge in [0.25, 0.3) is 0 Å². The Hall–Kier alpha value is -2.75. The van der Waals surface area contributed by atoms with Gasteiger partial charge in [0.15, 0.2) is 0 Å². The van der Waals surface area contributed by atoms with Crippen LogP contribution in [0.25, 0.3) is 11.0 Å². The molecule has 1 fully saturated rings.